The fourth-order valence-corrected chi connectivity index (χ4v) is 13.3. The van der Waals surface area contributed by atoms with E-state index in [4.69, 9.17) is 0 Å². The van der Waals surface area contributed by atoms with Gasteiger partial charge >= 0.3 is 0 Å². The molecule has 0 spiro atoms. The number of nitrogens with one attached hydrogen (secondary N) is 4. The number of rotatable bonds is 16. The second-order valence-electron chi connectivity index (χ2n) is 24.1. The number of aromatic nitrogens is 2. The normalized spacial score (nSPS) is 18.6. The molecule has 466 valence electrons. The van der Waals surface area contributed by atoms with E-state index in [1.165, 1.54) is 13.8 Å². The maximum Gasteiger partial charge on any atom is 0.247 e. The maximum absolute atomic E-state index is 15.7. The van der Waals surface area contributed by atoms with Crippen molar-refractivity contribution in [2.24, 2.45) is 0 Å². The smallest absolute Gasteiger partial charge is 0.247 e. The monoisotopic (exact) mass is 1210 g/mol. The number of Topliss-reactive ketones (excluding diaryl/α,β-unsaturated/α-hetero) is 2. The van der Waals surface area contributed by atoms with Crippen LogP contribution in [0.1, 0.15) is 121 Å². The van der Waals surface area contributed by atoms with E-state index in [1.807, 2.05) is 123 Å². The molecule has 0 aliphatic carbocycles. The Bertz CT molecular complexity index is 3960. The summed E-state index contributed by atoms with van der Waals surface area (Å²) in [7, 11) is 0. The number of benzene rings is 6. The molecular formula is C73H79FN8O8. The van der Waals surface area contributed by atoms with E-state index in [-0.39, 0.29) is 85.2 Å². The zero-order valence-corrected chi connectivity index (χ0v) is 50.7. The van der Waals surface area contributed by atoms with Gasteiger partial charge in [0.25, 0.3) is 0 Å². The number of hydrogen-bond acceptors (Lipinski definition) is 8. The molecule has 0 unspecified atom stereocenters. The number of halogens is 1. The first kappa shape index (κ1) is 63.5. The molecule has 90 heavy (non-hydrogen) atoms. The van der Waals surface area contributed by atoms with Crippen molar-refractivity contribution < 1.29 is 42.7 Å². The van der Waals surface area contributed by atoms with Gasteiger partial charge in [0.15, 0.2) is 17.4 Å². The molecule has 8 aromatic rings. The zero-order chi connectivity index (χ0) is 62.5. The number of fused-ring (bicyclic) bond motifs is 2. The molecule has 4 fully saturated rings. The number of hydrogen-bond donors (Lipinski definition) is 4. The third-order valence-corrected chi connectivity index (χ3v) is 18.2. The topological polar surface area (TPSA) is 205 Å². The summed E-state index contributed by atoms with van der Waals surface area (Å²) in [6.45, 7) is 9.13. The van der Waals surface area contributed by atoms with Crippen molar-refractivity contribution in [1.29, 1.82) is 0 Å². The van der Waals surface area contributed by atoms with E-state index in [1.54, 1.807) is 56.0 Å². The number of likely N-dealkylation sites (tertiary alicyclic amines) is 4. The van der Waals surface area contributed by atoms with Crippen LogP contribution in [0.2, 0.25) is 0 Å². The van der Waals surface area contributed by atoms with E-state index in [0.717, 1.165) is 64.5 Å². The lowest BCUT2D eigenvalue weighted by atomic mass is 9.97. The second kappa shape index (κ2) is 27.9. The molecule has 6 amide bonds. The molecule has 6 heterocycles. The van der Waals surface area contributed by atoms with Crippen molar-refractivity contribution in [3.05, 3.63) is 180 Å². The number of carbonyl (C=O) groups is 8. The van der Waals surface area contributed by atoms with Gasteiger partial charge in [-0.3, -0.25) is 38.4 Å². The summed E-state index contributed by atoms with van der Waals surface area (Å²) in [6.07, 6.45) is 6.26. The Morgan fingerprint density at radius 3 is 1.38 bits per heavy atom. The summed E-state index contributed by atoms with van der Waals surface area (Å²) in [6, 6.07) is 45.4. The van der Waals surface area contributed by atoms with Crippen LogP contribution in [0.15, 0.2) is 152 Å². The van der Waals surface area contributed by atoms with Gasteiger partial charge in [-0.2, -0.15) is 0 Å². The fraction of sp³-hybridized carbons (Fsp3) is 0.342. The molecule has 17 heteroatoms. The molecule has 6 atom stereocenters. The Kier molecular flexibility index (Phi) is 19.7. The van der Waals surface area contributed by atoms with Crippen molar-refractivity contribution in [3.63, 3.8) is 0 Å². The van der Waals surface area contributed by atoms with Crippen molar-refractivity contribution in [2.75, 3.05) is 36.8 Å². The Hall–Kier alpha value is -9.51. The first-order valence-electron chi connectivity index (χ1n) is 31.0. The summed E-state index contributed by atoms with van der Waals surface area (Å²) in [5.74, 6) is -1.62. The van der Waals surface area contributed by atoms with Crippen LogP contribution in [0.25, 0.3) is 44.3 Å². The summed E-state index contributed by atoms with van der Waals surface area (Å²) in [4.78, 5) is 116. The van der Waals surface area contributed by atoms with Crippen LogP contribution < -0.4 is 10.6 Å². The highest BCUT2D eigenvalue weighted by Gasteiger charge is 2.38. The molecule has 4 aliphatic rings. The highest BCUT2D eigenvalue weighted by atomic mass is 19.1. The highest BCUT2D eigenvalue weighted by Crippen LogP contribution is 2.34. The van der Waals surface area contributed by atoms with Crippen LogP contribution in [-0.2, 0) is 51.2 Å². The number of H-pyrrole nitrogens is 2. The standard InChI is InChI=1S/C36H37FN4O4.C36H38N4O4.CH4/c1-22(25-8-4-3-5-9-25)36(45)41-19-6-10-30(41)32(43)21-24-12-17-29-28(20-24)33(37)34(39-29)26-13-15-27(16-14-26)38-35(44)31-11-7-18-40(31)23(2)42;1-23(26-8-4-3-5-9-26)36(44)40-19-6-10-32(40)34(42)21-25-12-17-30-28(20-25)22-31(38-30)27-13-15-29(16-14-27)37-35(43)33-11-7-18-39(33)24(2)41;/h3-5,8-9,12-17,20,22,30-31,39H,6-7,10-11,18-19,21H2,1-2H3,(H,38,44);3-5,8-9,12-17,20,22-23,32-33,38H,6-7,10-11,18-19,21H2,1-2H3,(H,37,43);1H4/t22-,30+,31+;23-,32+,33+;/m11./s1. The van der Waals surface area contributed by atoms with Gasteiger partial charge in [0, 0.05) is 97.3 Å². The van der Waals surface area contributed by atoms with Gasteiger partial charge < -0.3 is 40.2 Å². The van der Waals surface area contributed by atoms with Gasteiger partial charge in [-0.1, -0.05) is 104 Å². The Labute approximate surface area is 524 Å². The van der Waals surface area contributed by atoms with Crippen molar-refractivity contribution in [3.8, 4) is 22.5 Å². The summed E-state index contributed by atoms with van der Waals surface area (Å²) in [5, 5.41) is 7.21. The third kappa shape index (κ3) is 13.8. The predicted molar refractivity (Wildman–Crippen MR) is 349 cm³/mol. The third-order valence-electron chi connectivity index (χ3n) is 18.2. The Morgan fingerprint density at radius 1 is 0.489 bits per heavy atom. The number of anilines is 2. The molecule has 16 nitrogen and oxygen atoms in total. The van der Waals surface area contributed by atoms with E-state index >= 15 is 4.39 Å². The number of amides is 6. The minimum absolute atomic E-state index is 0. The minimum atomic E-state index is -0.482. The number of nitrogens with zero attached hydrogens (tertiary/aromatic N) is 4. The second-order valence-corrected chi connectivity index (χ2v) is 24.1. The van der Waals surface area contributed by atoms with E-state index in [2.05, 4.69) is 26.7 Å². The number of carbonyl (C=O) groups excluding carboxylic acids is 8. The van der Waals surface area contributed by atoms with Gasteiger partial charge in [-0.25, -0.2) is 4.39 Å². The van der Waals surface area contributed by atoms with Crippen LogP contribution in [0.3, 0.4) is 0 Å². The fourth-order valence-electron chi connectivity index (χ4n) is 13.3. The average Bonchev–Trinajstić information content (AvgIpc) is 1.75. The SMILES string of the molecule is C.CC(=O)N1CCC[C@H]1C(=O)Nc1ccc(-c2[nH]c3ccc(CC(=O)[C@@H]4CCCN4C(=O)[C@H](C)c4ccccc4)cc3c2F)cc1.CC(=O)N1CCC[C@H]1C(=O)Nc1ccc(-c2cc3cc(CC(=O)[C@@H]4CCCN4C(=O)[C@H](C)c4ccccc4)ccc3[nH]2)cc1. The first-order valence-corrected chi connectivity index (χ1v) is 31.0. The molecule has 2 aromatic heterocycles. The van der Waals surface area contributed by atoms with Crippen LogP contribution >= 0.6 is 0 Å². The lowest BCUT2D eigenvalue weighted by Crippen LogP contribution is -2.43. The molecule has 12 rings (SSSR count). The van der Waals surface area contributed by atoms with Gasteiger partial charge in [-0.05, 0) is 148 Å². The summed E-state index contributed by atoms with van der Waals surface area (Å²) >= 11 is 0. The lowest BCUT2D eigenvalue weighted by Gasteiger charge is -2.27. The summed E-state index contributed by atoms with van der Waals surface area (Å²) < 4.78 is 15.7. The lowest BCUT2D eigenvalue weighted by molar-refractivity contribution is -0.138. The Morgan fingerprint density at radius 2 is 0.911 bits per heavy atom. The summed E-state index contributed by atoms with van der Waals surface area (Å²) in [5.41, 5.74) is 9.15. The predicted octanol–water partition coefficient (Wildman–Crippen LogP) is 12.2. The maximum atomic E-state index is 15.7. The highest BCUT2D eigenvalue weighted by molar-refractivity contribution is 6.00. The van der Waals surface area contributed by atoms with Crippen LogP contribution in [-0.4, -0.2) is 127 Å². The van der Waals surface area contributed by atoms with Gasteiger partial charge in [0.1, 0.15) is 12.1 Å². The van der Waals surface area contributed by atoms with Crippen LogP contribution in [0.5, 0.6) is 0 Å². The quantitative estimate of drug-likeness (QED) is 0.0731. The Balaban J connectivity index is 0.000000196. The average molecular weight is 1220 g/mol. The molecule has 4 aliphatic heterocycles. The minimum Gasteiger partial charge on any atom is -0.355 e. The molecule has 0 bridgehead atoms. The molecule has 4 saturated heterocycles. The van der Waals surface area contributed by atoms with Crippen molar-refractivity contribution >= 4 is 80.2 Å². The zero-order valence-electron chi connectivity index (χ0n) is 50.7. The molecule has 0 radical (unpaired) electrons. The number of ketones is 2. The van der Waals surface area contributed by atoms with Gasteiger partial charge in [-0.15, -0.1) is 0 Å². The molecular weight excluding hydrogens is 1140 g/mol. The van der Waals surface area contributed by atoms with E-state index < -0.39 is 23.9 Å². The van der Waals surface area contributed by atoms with E-state index in [9.17, 15) is 38.4 Å². The van der Waals surface area contributed by atoms with Gasteiger partial charge in [0.05, 0.1) is 29.6 Å². The first-order chi connectivity index (χ1) is 43.0. The molecule has 0 saturated carbocycles. The van der Waals surface area contributed by atoms with Crippen LogP contribution in [0, 0.1) is 5.82 Å². The van der Waals surface area contributed by atoms with Crippen molar-refractivity contribution in [1.82, 2.24) is 29.6 Å². The van der Waals surface area contributed by atoms with Gasteiger partial charge in [0.2, 0.25) is 35.4 Å². The molecule has 6 aromatic carbocycles. The van der Waals surface area contributed by atoms with Crippen LogP contribution in [0.4, 0.5) is 15.8 Å². The van der Waals surface area contributed by atoms with E-state index in [0.29, 0.717) is 91.0 Å². The molecule has 4 N–H and O–H groups in total. The largest absolute Gasteiger partial charge is 0.355 e. The number of aromatic amines is 2. The van der Waals surface area contributed by atoms with Crippen molar-refractivity contribution in [2.45, 2.75) is 135 Å².